The number of aryl methyl sites for hydroxylation is 1. The molecule has 1 amide bonds. The third kappa shape index (κ3) is 4.39. The van der Waals surface area contributed by atoms with E-state index in [4.69, 9.17) is 10.5 Å². The summed E-state index contributed by atoms with van der Waals surface area (Å²) in [4.78, 5) is 34.7. The van der Waals surface area contributed by atoms with Gasteiger partial charge in [0.2, 0.25) is 5.95 Å². The van der Waals surface area contributed by atoms with Crippen molar-refractivity contribution in [3.63, 3.8) is 0 Å². The molecule has 1 aliphatic rings. The fraction of sp³-hybridized carbons (Fsp3) is 0.400. The first kappa shape index (κ1) is 19.6. The number of ether oxygens (including phenoxy) is 1. The topological polar surface area (TPSA) is 110 Å². The second-order valence-electron chi connectivity index (χ2n) is 6.74. The Balaban J connectivity index is 1.63. The summed E-state index contributed by atoms with van der Waals surface area (Å²) in [5, 5.41) is 3.24. The third-order valence-electron chi connectivity index (χ3n) is 4.81. The van der Waals surface area contributed by atoms with Crippen LogP contribution in [0.25, 0.3) is 0 Å². The maximum atomic E-state index is 12.7. The summed E-state index contributed by atoms with van der Waals surface area (Å²) >= 11 is 0. The van der Waals surface area contributed by atoms with E-state index in [1.165, 1.54) is 6.20 Å². The van der Waals surface area contributed by atoms with Crippen molar-refractivity contribution in [2.24, 2.45) is 0 Å². The van der Waals surface area contributed by atoms with Crippen LogP contribution < -0.4 is 11.1 Å². The molecule has 1 aliphatic heterocycles. The smallest absolute Gasteiger partial charge is 0.409 e. The predicted molar refractivity (Wildman–Crippen MR) is 106 cm³/mol. The zero-order chi connectivity index (χ0) is 20.1. The molecule has 2 heterocycles. The molecule has 1 aromatic heterocycles. The van der Waals surface area contributed by atoms with Crippen LogP contribution in [0.4, 0.5) is 16.6 Å². The number of nitrogens with one attached hydrogen (secondary N) is 1. The molecule has 148 valence electrons. The van der Waals surface area contributed by atoms with Crippen LogP contribution in [0.1, 0.15) is 41.3 Å². The molecule has 1 saturated heterocycles. The van der Waals surface area contributed by atoms with E-state index in [-0.39, 0.29) is 29.3 Å². The van der Waals surface area contributed by atoms with E-state index in [2.05, 4.69) is 15.3 Å². The van der Waals surface area contributed by atoms with Crippen LogP contribution in [0.2, 0.25) is 0 Å². The van der Waals surface area contributed by atoms with Gasteiger partial charge >= 0.3 is 6.09 Å². The molecule has 0 saturated carbocycles. The van der Waals surface area contributed by atoms with E-state index >= 15 is 0 Å². The monoisotopic (exact) mass is 383 g/mol. The van der Waals surface area contributed by atoms with E-state index in [9.17, 15) is 9.59 Å². The third-order valence-corrected chi connectivity index (χ3v) is 4.81. The summed E-state index contributed by atoms with van der Waals surface area (Å²) in [7, 11) is 0. The van der Waals surface area contributed by atoms with E-state index in [1.54, 1.807) is 17.9 Å². The number of carbonyl (C=O) groups excluding carboxylic acids is 2. The fourth-order valence-electron chi connectivity index (χ4n) is 3.22. The minimum absolute atomic E-state index is 0.128. The summed E-state index contributed by atoms with van der Waals surface area (Å²) < 4.78 is 5.02. The van der Waals surface area contributed by atoms with Gasteiger partial charge in [-0.1, -0.05) is 24.3 Å². The fourth-order valence-corrected chi connectivity index (χ4v) is 3.22. The van der Waals surface area contributed by atoms with Crippen molar-refractivity contribution in [3.05, 3.63) is 47.2 Å². The molecule has 28 heavy (non-hydrogen) atoms. The van der Waals surface area contributed by atoms with Gasteiger partial charge in [-0.05, 0) is 32.3 Å². The number of aromatic nitrogens is 2. The van der Waals surface area contributed by atoms with Crippen LogP contribution in [-0.4, -0.2) is 52.5 Å². The molecule has 0 unspecified atom stereocenters. The predicted octanol–water partition coefficient (Wildman–Crippen LogP) is 2.63. The van der Waals surface area contributed by atoms with Crippen molar-refractivity contribution in [2.45, 2.75) is 32.7 Å². The SMILES string of the molecule is CCOC(=O)N1CCC(Nc2ncc(C(=O)c3ccccc3C)c(N)n2)CC1. The zero-order valence-corrected chi connectivity index (χ0v) is 16.1. The quantitative estimate of drug-likeness (QED) is 0.764. The molecule has 1 aromatic carbocycles. The number of hydrogen-bond donors (Lipinski definition) is 2. The summed E-state index contributed by atoms with van der Waals surface area (Å²) in [5.74, 6) is 0.341. The van der Waals surface area contributed by atoms with Crippen molar-refractivity contribution in [1.82, 2.24) is 14.9 Å². The molecule has 1 fully saturated rings. The van der Waals surface area contributed by atoms with Gasteiger partial charge in [0, 0.05) is 30.9 Å². The normalized spacial score (nSPS) is 14.6. The lowest BCUT2D eigenvalue weighted by Crippen LogP contribution is -2.42. The van der Waals surface area contributed by atoms with Crippen molar-refractivity contribution < 1.29 is 14.3 Å². The Labute approximate surface area is 164 Å². The standard InChI is InChI=1S/C20H25N5O3/c1-3-28-20(27)25-10-8-14(9-11-25)23-19-22-12-16(18(21)24-19)17(26)15-7-5-4-6-13(15)2/h4-7,12,14H,3,8-11H2,1-2H3,(H3,21,22,23,24). The van der Waals surface area contributed by atoms with Crippen molar-refractivity contribution in [2.75, 3.05) is 30.7 Å². The maximum absolute atomic E-state index is 12.7. The van der Waals surface area contributed by atoms with E-state index in [0.29, 0.717) is 31.2 Å². The van der Waals surface area contributed by atoms with Gasteiger partial charge in [0.15, 0.2) is 5.78 Å². The molecular weight excluding hydrogens is 358 g/mol. The number of anilines is 2. The highest BCUT2D eigenvalue weighted by Gasteiger charge is 2.24. The second kappa shape index (κ2) is 8.69. The molecular formula is C20H25N5O3. The number of likely N-dealkylation sites (tertiary alicyclic amines) is 1. The number of nitrogen functional groups attached to an aromatic ring is 1. The maximum Gasteiger partial charge on any atom is 0.409 e. The van der Waals surface area contributed by atoms with Gasteiger partial charge in [0.1, 0.15) is 5.82 Å². The van der Waals surface area contributed by atoms with Gasteiger partial charge in [-0.2, -0.15) is 4.98 Å². The minimum atomic E-state index is -0.277. The molecule has 3 rings (SSSR count). The number of ketones is 1. The highest BCUT2D eigenvalue weighted by atomic mass is 16.6. The van der Waals surface area contributed by atoms with Crippen LogP contribution in [0.3, 0.4) is 0 Å². The Morgan fingerprint density at radius 3 is 2.61 bits per heavy atom. The summed E-state index contributed by atoms with van der Waals surface area (Å²) in [6, 6.07) is 7.47. The van der Waals surface area contributed by atoms with Crippen LogP contribution in [0.15, 0.2) is 30.5 Å². The number of piperidine rings is 1. The summed E-state index contributed by atoms with van der Waals surface area (Å²) in [6.07, 6.45) is 2.70. The second-order valence-corrected chi connectivity index (χ2v) is 6.74. The number of benzene rings is 1. The Hall–Kier alpha value is -3.16. The van der Waals surface area contributed by atoms with Gasteiger partial charge < -0.3 is 20.7 Å². The van der Waals surface area contributed by atoms with Crippen LogP contribution in [0.5, 0.6) is 0 Å². The number of nitrogens with two attached hydrogens (primary N) is 1. The lowest BCUT2D eigenvalue weighted by atomic mass is 10.0. The average molecular weight is 383 g/mol. The number of nitrogens with zero attached hydrogens (tertiary/aromatic N) is 3. The Morgan fingerprint density at radius 2 is 1.96 bits per heavy atom. The molecule has 0 aliphatic carbocycles. The first-order chi connectivity index (χ1) is 13.5. The van der Waals surface area contributed by atoms with E-state index in [0.717, 1.165) is 18.4 Å². The lowest BCUT2D eigenvalue weighted by Gasteiger charge is -2.31. The molecule has 0 radical (unpaired) electrons. The van der Waals surface area contributed by atoms with E-state index in [1.807, 2.05) is 25.1 Å². The van der Waals surface area contributed by atoms with Crippen molar-refractivity contribution in [3.8, 4) is 0 Å². The highest BCUT2D eigenvalue weighted by Crippen LogP contribution is 2.20. The molecule has 8 heteroatoms. The summed E-state index contributed by atoms with van der Waals surface area (Å²) in [5.41, 5.74) is 7.78. The molecule has 3 N–H and O–H groups in total. The van der Waals surface area contributed by atoms with Crippen LogP contribution in [-0.2, 0) is 4.74 Å². The molecule has 8 nitrogen and oxygen atoms in total. The summed E-state index contributed by atoms with van der Waals surface area (Å²) in [6.45, 7) is 5.26. The van der Waals surface area contributed by atoms with Crippen molar-refractivity contribution in [1.29, 1.82) is 0 Å². The average Bonchev–Trinajstić information content (AvgIpc) is 2.69. The minimum Gasteiger partial charge on any atom is -0.450 e. The van der Waals surface area contributed by atoms with Crippen LogP contribution >= 0.6 is 0 Å². The number of carbonyl (C=O) groups is 2. The highest BCUT2D eigenvalue weighted by molar-refractivity contribution is 6.12. The van der Waals surface area contributed by atoms with Crippen LogP contribution in [0, 0.1) is 6.92 Å². The van der Waals surface area contributed by atoms with Gasteiger partial charge in [-0.25, -0.2) is 9.78 Å². The zero-order valence-electron chi connectivity index (χ0n) is 16.1. The molecule has 0 bridgehead atoms. The van der Waals surface area contributed by atoms with E-state index < -0.39 is 0 Å². The van der Waals surface area contributed by atoms with Gasteiger partial charge in [0.05, 0.1) is 12.2 Å². The number of rotatable bonds is 5. The van der Waals surface area contributed by atoms with Gasteiger partial charge in [0.25, 0.3) is 0 Å². The number of amides is 1. The molecule has 2 aromatic rings. The number of hydrogen-bond acceptors (Lipinski definition) is 7. The van der Waals surface area contributed by atoms with Gasteiger partial charge in [-0.15, -0.1) is 0 Å². The largest absolute Gasteiger partial charge is 0.450 e. The first-order valence-electron chi connectivity index (χ1n) is 9.40. The molecule has 0 spiro atoms. The molecule has 0 atom stereocenters. The van der Waals surface area contributed by atoms with Gasteiger partial charge in [-0.3, -0.25) is 4.79 Å². The Bertz CT molecular complexity index is 863. The lowest BCUT2D eigenvalue weighted by molar-refractivity contribution is 0.0982. The van der Waals surface area contributed by atoms with Crippen molar-refractivity contribution >= 4 is 23.6 Å². The Morgan fingerprint density at radius 1 is 1.25 bits per heavy atom. The Kier molecular flexibility index (Phi) is 6.08. The first-order valence-corrected chi connectivity index (χ1v) is 9.40.